The summed E-state index contributed by atoms with van der Waals surface area (Å²) >= 11 is 3.69. The number of nitrogens with one attached hydrogen (secondary N) is 2. The molecule has 250 valence electrons. The fourth-order valence-electron chi connectivity index (χ4n) is 4.55. The first kappa shape index (κ1) is 35.7. The van der Waals surface area contributed by atoms with Crippen molar-refractivity contribution in [2.45, 2.75) is 49.1 Å². The largest absolute Gasteiger partial charge is 0.582 e. The molecule has 0 aromatic carbocycles. The van der Waals surface area contributed by atoms with Gasteiger partial charge in [-0.2, -0.15) is 0 Å². The Hall–Kier alpha value is -2.17. The minimum absolute atomic E-state index is 0.678. The third kappa shape index (κ3) is 8.80. The summed E-state index contributed by atoms with van der Waals surface area (Å²) in [5.74, 6) is 0. The summed E-state index contributed by atoms with van der Waals surface area (Å²) in [6.45, 7) is -1.83. The zero-order chi connectivity index (χ0) is 33.3. The number of aromatic nitrogens is 4. The van der Waals surface area contributed by atoms with Crippen molar-refractivity contribution < 1.29 is 65.8 Å². The van der Waals surface area contributed by atoms with Crippen molar-refractivity contribution in [1.82, 2.24) is 19.1 Å². The molecule has 2 fully saturated rings. The van der Waals surface area contributed by atoms with Crippen LogP contribution in [0.2, 0.25) is 0 Å². The molecule has 2 saturated heterocycles. The Bertz CT molecular complexity index is 1710. The Morgan fingerprint density at radius 3 is 1.84 bits per heavy atom. The number of H-pyrrole nitrogens is 2. The number of aliphatic hydroxyl groups excluding tert-OH is 1. The normalized spacial score (nSPS) is 30.3. The lowest BCUT2D eigenvalue weighted by molar-refractivity contribution is -0.0670. The van der Waals surface area contributed by atoms with Gasteiger partial charge in [-0.15, -0.1) is 4.52 Å². The van der Waals surface area contributed by atoms with Crippen LogP contribution in [0.3, 0.4) is 0 Å². The van der Waals surface area contributed by atoms with Crippen LogP contribution >= 0.6 is 35.1 Å². The van der Waals surface area contributed by atoms with E-state index in [1.165, 1.54) is 7.11 Å². The maximum Gasteiger partial charge on any atom is 0.582 e. The highest BCUT2D eigenvalue weighted by molar-refractivity contribution is 8.39. The van der Waals surface area contributed by atoms with Gasteiger partial charge in [0.15, 0.2) is 18.6 Å². The first-order valence-corrected chi connectivity index (χ1v) is 17.7. The quantitative estimate of drug-likeness (QED) is 0.0855. The Morgan fingerprint density at radius 1 is 0.889 bits per heavy atom. The number of aromatic amines is 2. The van der Waals surface area contributed by atoms with Crippen molar-refractivity contribution in [2.75, 3.05) is 20.3 Å². The van der Waals surface area contributed by atoms with Crippen LogP contribution < -0.4 is 22.5 Å². The molecule has 2 aromatic heterocycles. The highest BCUT2D eigenvalue weighted by Crippen LogP contribution is 2.48. The van der Waals surface area contributed by atoms with Gasteiger partial charge in [0.05, 0.1) is 13.2 Å². The van der Waals surface area contributed by atoms with Gasteiger partial charge in [-0.25, -0.2) is 18.7 Å². The average Bonchev–Trinajstić information content (AvgIpc) is 3.41. The molecule has 6 N–H and O–H groups in total. The van der Waals surface area contributed by atoms with Crippen LogP contribution in [0.5, 0.6) is 0 Å². The number of phosphoric ester groups is 2. The topological polar surface area (TPSA) is 306 Å². The van der Waals surface area contributed by atoms with Crippen molar-refractivity contribution in [3.05, 3.63) is 66.2 Å². The third-order valence-electron chi connectivity index (χ3n) is 6.39. The van der Waals surface area contributed by atoms with Crippen LogP contribution in [-0.4, -0.2) is 95.8 Å². The predicted octanol–water partition coefficient (Wildman–Crippen LogP) is -2.16. The summed E-state index contributed by atoms with van der Waals surface area (Å²) in [4.78, 5) is 80.2. The lowest BCUT2D eigenvalue weighted by Gasteiger charge is -2.22. The van der Waals surface area contributed by atoms with Gasteiger partial charge in [-0.3, -0.25) is 42.3 Å². The summed E-state index contributed by atoms with van der Waals surface area (Å²) in [5.41, 5.74) is -3.47. The van der Waals surface area contributed by atoms with Crippen LogP contribution in [0.1, 0.15) is 12.5 Å². The zero-order valence-electron chi connectivity index (χ0n) is 22.5. The van der Waals surface area contributed by atoms with Gasteiger partial charge in [0, 0.05) is 31.6 Å². The summed E-state index contributed by atoms with van der Waals surface area (Å²) in [6.07, 6.45) is -10.4. The van der Waals surface area contributed by atoms with E-state index in [0.29, 0.717) is 4.57 Å². The number of methoxy groups -OCH3 is 1. The maximum absolute atomic E-state index is 12.8. The standard InChI is InChI=1S/C19H25N4O18P3S/c1-35-15-14(40-42(29)45)9(39-17(15)23-5-3-11(25)21-19(23)28)7-37-44(33,34)36-6-8-13(41-43(30,31)32)12(26)16(38-8)22-4-2-10(24)20-18(22)27/h2-5,8-9,12-17,26H,6-7H2,1H3,(H5-,20,21,24,25,27,28,29,30,31,32,33,34,45)/p+1/t8-,9-,12-,13-,14-,15-,16-,17-/m1/s1. The van der Waals surface area contributed by atoms with Crippen LogP contribution in [-0.2, 0) is 46.0 Å². The molecule has 0 saturated carbocycles. The van der Waals surface area contributed by atoms with E-state index >= 15 is 0 Å². The summed E-state index contributed by atoms with van der Waals surface area (Å²) in [5, 5.41) is 10.6. The van der Waals surface area contributed by atoms with E-state index in [4.69, 9.17) is 27.8 Å². The Balaban J connectivity index is 1.48. The maximum atomic E-state index is 12.8. The van der Waals surface area contributed by atoms with Crippen molar-refractivity contribution >= 4 is 35.1 Å². The average molecular weight is 723 g/mol. The number of hydrogen-bond donors (Lipinski definition) is 7. The molecule has 22 nitrogen and oxygen atoms in total. The monoisotopic (exact) mass is 723 g/mol. The predicted molar refractivity (Wildman–Crippen MR) is 147 cm³/mol. The molecule has 26 heteroatoms. The minimum Gasteiger partial charge on any atom is -0.386 e. The smallest absolute Gasteiger partial charge is 0.386 e. The molecule has 0 aliphatic carbocycles. The number of hydrogen-bond acceptors (Lipinski definition) is 15. The molecule has 45 heavy (non-hydrogen) atoms. The molecule has 2 aromatic rings. The molecule has 2 aliphatic heterocycles. The van der Waals surface area contributed by atoms with Crippen LogP contribution in [0.25, 0.3) is 0 Å². The first-order valence-electron chi connectivity index (χ1n) is 12.3. The molecule has 10 atom stereocenters. The summed E-state index contributed by atoms with van der Waals surface area (Å²) in [7, 11) is -11.8. The molecular weight excluding hydrogens is 697 g/mol. The van der Waals surface area contributed by atoms with Crippen molar-refractivity contribution in [2.24, 2.45) is 0 Å². The summed E-state index contributed by atoms with van der Waals surface area (Å²) in [6, 6.07) is 1.91. The lowest BCUT2D eigenvalue weighted by Crippen LogP contribution is -2.39. The Labute approximate surface area is 255 Å². The second-order valence-electron chi connectivity index (χ2n) is 9.28. The van der Waals surface area contributed by atoms with E-state index in [-0.39, 0.29) is 0 Å². The molecule has 0 amide bonds. The molecule has 2 unspecified atom stereocenters. The highest BCUT2D eigenvalue weighted by Gasteiger charge is 2.52. The minimum atomic E-state index is -5.30. The first-order chi connectivity index (χ1) is 21.0. The fraction of sp³-hybridized carbons (Fsp3) is 0.579. The van der Waals surface area contributed by atoms with Gasteiger partial charge in [-0.1, -0.05) is 0 Å². The van der Waals surface area contributed by atoms with Gasteiger partial charge >= 0.3 is 34.3 Å². The van der Waals surface area contributed by atoms with Crippen LogP contribution in [0, 0.1) is 0 Å². The number of phosphoric acid groups is 2. The Morgan fingerprint density at radius 2 is 1.38 bits per heavy atom. The van der Waals surface area contributed by atoms with Crippen molar-refractivity contribution in [3.63, 3.8) is 0 Å². The second-order valence-corrected chi connectivity index (χ2v) is 13.6. The third-order valence-corrected chi connectivity index (χ3v) is 8.57. The fourth-order valence-corrected chi connectivity index (χ4v) is 6.66. The molecule has 0 spiro atoms. The highest BCUT2D eigenvalue weighted by atomic mass is 32.7. The van der Waals surface area contributed by atoms with E-state index in [9.17, 15) is 52.7 Å². The van der Waals surface area contributed by atoms with Crippen molar-refractivity contribution in [1.29, 1.82) is 0 Å². The molecule has 0 radical (unpaired) electrons. The molecule has 4 heterocycles. The van der Waals surface area contributed by atoms with E-state index in [0.717, 1.165) is 29.1 Å². The van der Waals surface area contributed by atoms with Crippen molar-refractivity contribution in [3.8, 4) is 0 Å². The number of rotatable bonds is 13. The van der Waals surface area contributed by atoms with Gasteiger partial charge in [0.2, 0.25) is 0 Å². The van der Waals surface area contributed by atoms with Gasteiger partial charge in [0.1, 0.15) is 42.8 Å². The van der Waals surface area contributed by atoms with E-state index < -0.39 is 108 Å². The van der Waals surface area contributed by atoms with Gasteiger partial charge < -0.3 is 34.0 Å². The van der Waals surface area contributed by atoms with Crippen LogP contribution in [0.4, 0.5) is 0 Å². The zero-order valence-corrected chi connectivity index (χ0v) is 26.1. The van der Waals surface area contributed by atoms with E-state index in [1.807, 2.05) is 9.97 Å². The molecule has 0 bridgehead atoms. The number of nitrogens with zero attached hydrogens (tertiary/aromatic N) is 2. The number of thiol groups is 1. The van der Waals surface area contributed by atoms with E-state index in [1.54, 1.807) is 0 Å². The number of ether oxygens (including phenoxy) is 3. The Kier molecular flexibility index (Phi) is 11.3. The van der Waals surface area contributed by atoms with Gasteiger partial charge in [0.25, 0.3) is 11.1 Å². The molecule has 4 rings (SSSR count). The SMILES string of the molecule is CO[C@@H]1[C@H](O[P+](=O)S)[C@@H](COP(=O)(O)OC[C@H]2O[C@@H](n3ccc(=O)[nH]c3=O)[C@H](O)[C@@H]2OP(=O)(O)O)O[C@H]1n1ccc(=O)[nH]c1=O. The molecule has 2 aliphatic rings. The van der Waals surface area contributed by atoms with Gasteiger partial charge in [-0.05, 0) is 4.57 Å². The number of aliphatic hydroxyl groups is 1. The second kappa shape index (κ2) is 14.3. The lowest BCUT2D eigenvalue weighted by atomic mass is 10.1. The molecular formula is C19H26N4O18P3S+. The van der Waals surface area contributed by atoms with E-state index in [2.05, 4.69) is 16.8 Å². The van der Waals surface area contributed by atoms with Crippen LogP contribution in [0.15, 0.2) is 43.7 Å². The summed E-state index contributed by atoms with van der Waals surface area (Å²) < 4.78 is 73.9.